The number of allylic oxidation sites excluding steroid dienone is 2. The zero-order valence-electron chi connectivity index (χ0n) is 11.3. The van der Waals surface area contributed by atoms with E-state index in [4.69, 9.17) is 4.74 Å². The van der Waals surface area contributed by atoms with Crippen molar-refractivity contribution >= 4 is 11.6 Å². The lowest BCUT2D eigenvalue weighted by atomic mass is 9.93. The largest absolute Gasteiger partial charge is 0.486 e. The van der Waals surface area contributed by atoms with Gasteiger partial charge in [0.2, 0.25) is 5.78 Å². The number of carbonyl (C=O) groups excluding carboxylic acids is 2. The molecule has 0 N–H and O–H groups in total. The molecule has 3 nitrogen and oxygen atoms in total. The van der Waals surface area contributed by atoms with Gasteiger partial charge in [0.1, 0.15) is 0 Å². The molecule has 0 heterocycles. The molecule has 1 aliphatic rings. The maximum Gasteiger partial charge on any atom is 0.228 e. The molecule has 0 radical (unpaired) electrons. The van der Waals surface area contributed by atoms with Crippen LogP contribution in [-0.2, 0) is 4.74 Å². The van der Waals surface area contributed by atoms with Crippen molar-refractivity contribution < 1.29 is 14.3 Å². The zero-order valence-corrected chi connectivity index (χ0v) is 11.3. The Hall–Kier alpha value is -1.90. The van der Waals surface area contributed by atoms with Crippen molar-refractivity contribution in [1.82, 2.24) is 0 Å². The molecule has 0 aliphatic heterocycles. The van der Waals surface area contributed by atoms with Crippen LogP contribution < -0.4 is 0 Å². The van der Waals surface area contributed by atoms with Gasteiger partial charge in [-0.05, 0) is 13.3 Å². The SMILES string of the molecule is CCCCC(C)OC1=CC(=O)c2ccccc2C1=O. The van der Waals surface area contributed by atoms with Crippen LogP contribution in [0.2, 0.25) is 0 Å². The Morgan fingerprint density at radius 1 is 1.16 bits per heavy atom. The average Bonchev–Trinajstić information content (AvgIpc) is 2.42. The zero-order chi connectivity index (χ0) is 13.8. The minimum Gasteiger partial charge on any atom is -0.486 e. The van der Waals surface area contributed by atoms with E-state index >= 15 is 0 Å². The Labute approximate surface area is 113 Å². The average molecular weight is 258 g/mol. The topological polar surface area (TPSA) is 43.4 Å². The molecule has 0 spiro atoms. The van der Waals surface area contributed by atoms with Gasteiger partial charge in [0.25, 0.3) is 0 Å². The smallest absolute Gasteiger partial charge is 0.228 e. The van der Waals surface area contributed by atoms with Crippen LogP contribution in [0.3, 0.4) is 0 Å². The van der Waals surface area contributed by atoms with Crippen molar-refractivity contribution in [3.63, 3.8) is 0 Å². The maximum absolute atomic E-state index is 12.2. The van der Waals surface area contributed by atoms with E-state index < -0.39 is 0 Å². The summed E-state index contributed by atoms with van der Waals surface area (Å²) in [7, 11) is 0. The molecule has 0 saturated heterocycles. The summed E-state index contributed by atoms with van der Waals surface area (Å²) in [5.41, 5.74) is 0.897. The van der Waals surface area contributed by atoms with E-state index in [1.54, 1.807) is 24.3 Å². The van der Waals surface area contributed by atoms with Crippen LogP contribution in [0.25, 0.3) is 0 Å². The van der Waals surface area contributed by atoms with E-state index in [2.05, 4.69) is 6.92 Å². The van der Waals surface area contributed by atoms with Crippen LogP contribution >= 0.6 is 0 Å². The fourth-order valence-corrected chi connectivity index (χ4v) is 2.15. The highest BCUT2D eigenvalue weighted by Gasteiger charge is 2.27. The summed E-state index contributed by atoms with van der Waals surface area (Å²) in [6.45, 7) is 4.03. The first-order valence-corrected chi connectivity index (χ1v) is 6.70. The van der Waals surface area contributed by atoms with E-state index in [1.165, 1.54) is 6.08 Å². The Kier molecular flexibility index (Phi) is 4.15. The van der Waals surface area contributed by atoms with Crippen molar-refractivity contribution in [1.29, 1.82) is 0 Å². The Bertz CT molecular complexity index is 529. The number of Topliss-reactive ketones (excluding diaryl/α,β-unsaturated/α-hetero) is 1. The van der Waals surface area contributed by atoms with E-state index in [1.807, 2.05) is 6.92 Å². The van der Waals surface area contributed by atoms with Gasteiger partial charge in [0.05, 0.1) is 6.10 Å². The number of hydrogen-bond acceptors (Lipinski definition) is 3. The molecule has 19 heavy (non-hydrogen) atoms. The number of ketones is 2. The van der Waals surface area contributed by atoms with Crippen molar-refractivity contribution in [2.75, 3.05) is 0 Å². The fraction of sp³-hybridized carbons (Fsp3) is 0.375. The van der Waals surface area contributed by atoms with E-state index in [9.17, 15) is 9.59 Å². The lowest BCUT2D eigenvalue weighted by Gasteiger charge is -2.19. The molecule has 1 atom stereocenters. The van der Waals surface area contributed by atoms with Crippen molar-refractivity contribution in [3.05, 3.63) is 47.2 Å². The summed E-state index contributed by atoms with van der Waals surface area (Å²) in [6, 6.07) is 6.85. The molecule has 0 fully saturated rings. The van der Waals surface area contributed by atoms with Gasteiger partial charge in [-0.15, -0.1) is 0 Å². The molecule has 2 rings (SSSR count). The van der Waals surface area contributed by atoms with Crippen LogP contribution in [0.1, 0.15) is 53.8 Å². The minimum atomic E-state index is -0.196. The normalized spacial score (nSPS) is 15.8. The maximum atomic E-state index is 12.2. The van der Waals surface area contributed by atoms with Crippen LogP contribution in [0.4, 0.5) is 0 Å². The van der Waals surface area contributed by atoms with Crippen molar-refractivity contribution in [2.45, 2.75) is 39.2 Å². The van der Waals surface area contributed by atoms with Crippen LogP contribution in [0, 0.1) is 0 Å². The Morgan fingerprint density at radius 2 is 1.84 bits per heavy atom. The molecule has 0 amide bonds. The van der Waals surface area contributed by atoms with Gasteiger partial charge in [-0.1, -0.05) is 44.0 Å². The molecule has 1 aromatic carbocycles. The van der Waals surface area contributed by atoms with Crippen LogP contribution in [0.5, 0.6) is 0 Å². The molecule has 1 aromatic rings. The first kappa shape index (κ1) is 13.5. The monoisotopic (exact) mass is 258 g/mol. The van der Waals surface area contributed by atoms with Crippen LogP contribution in [0.15, 0.2) is 36.1 Å². The van der Waals surface area contributed by atoms with Gasteiger partial charge < -0.3 is 4.74 Å². The summed E-state index contributed by atoms with van der Waals surface area (Å²) in [6.07, 6.45) is 4.29. The van der Waals surface area contributed by atoms with Crippen LogP contribution in [-0.4, -0.2) is 17.7 Å². The second-order valence-electron chi connectivity index (χ2n) is 4.82. The van der Waals surface area contributed by atoms with Gasteiger partial charge in [-0.3, -0.25) is 9.59 Å². The highest BCUT2D eigenvalue weighted by Crippen LogP contribution is 2.23. The summed E-state index contributed by atoms with van der Waals surface area (Å²) < 4.78 is 5.62. The number of ether oxygens (including phenoxy) is 1. The highest BCUT2D eigenvalue weighted by atomic mass is 16.5. The molecular weight excluding hydrogens is 240 g/mol. The Morgan fingerprint density at radius 3 is 2.53 bits per heavy atom. The number of benzene rings is 1. The number of fused-ring (bicyclic) bond motifs is 1. The van der Waals surface area contributed by atoms with Gasteiger partial charge in [0, 0.05) is 17.2 Å². The molecule has 0 aromatic heterocycles. The van der Waals surface area contributed by atoms with Gasteiger partial charge in [0.15, 0.2) is 11.5 Å². The summed E-state index contributed by atoms with van der Waals surface area (Å²) in [4.78, 5) is 24.2. The molecule has 1 unspecified atom stereocenters. The van der Waals surface area contributed by atoms with Gasteiger partial charge in [-0.2, -0.15) is 0 Å². The molecule has 0 saturated carbocycles. The second-order valence-corrected chi connectivity index (χ2v) is 4.82. The quantitative estimate of drug-likeness (QED) is 0.811. The lowest BCUT2D eigenvalue weighted by molar-refractivity contribution is 0.0759. The third-order valence-corrected chi connectivity index (χ3v) is 3.22. The van der Waals surface area contributed by atoms with Gasteiger partial charge >= 0.3 is 0 Å². The Balaban J connectivity index is 2.16. The first-order valence-electron chi connectivity index (χ1n) is 6.70. The molecule has 100 valence electrons. The molecule has 0 bridgehead atoms. The molecular formula is C16H18O3. The van der Waals surface area contributed by atoms with E-state index in [0.29, 0.717) is 11.1 Å². The summed E-state index contributed by atoms with van der Waals surface area (Å²) >= 11 is 0. The predicted octanol–water partition coefficient (Wildman–Crippen LogP) is 3.54. The van der Waals surface area contributed by atoms with Gasteiger partial charge in [-0.25, -0.2) is 0 Å². The second kappa shape index (κ2) is 5.83. The molecule has 3 heteroatoms. The molecule has 1 aliphatic carbocycles. The van der Waals surface area contributed by atoms with E-state index in [0.717, 1.165) is 19.3 Å². The number of carbonyl (C=O) groups is 2. The minimum absolute atomic E-state index is 0.0480. The fourth-order valence-electron chi connectivity index (χ4n) is 2.15. The summed E-state index contributed by atoms with van der Waals surface area (Å²) in [5, 5.41) is 0. The van der Waals surface area contributed by atoms with Crippen molar-refractivity contribution in [2.24, 2.45) is 0 Å². The lowest BCUT2D eigenvalue weighted by Crippen LogP contribution is -2.21. The van der Waals surface area contributed by atoms with E-state index in [-0.39, 0.29) is 23.4 Å². The third kappa shape index (κ3) is 2.92. The third-order valence-electron chi connectivity index (χ3n) is 3.22. The van der Waals surface area contributed by atoms with Crippen molar-refractivity contribution in [3.8, 4) is 0 Å². The first-order chi connectivity index (χ1) is 9.13. The highest BCUT2D eigenvalue weighted by molar-refractivity contribution is 6.23. The number of unbranched alkanes of at least 4 members (excludes halogenated alkanes) is 1. The standard InChI is InChI=1S/C16H18O3/c1-3-4-7-11(2)19-15-10-14(17)12-8-5-6-9-13(12)16(15)18/h5-6,8-11H,3-4,7H2,1-2H3. The number of rotatable bonds is 5. The number of hydrogen-bond donors (Lipinski definition) is 0. The predicted molar refractivity (Wildman–Crippen MR) is 73.3 cm³/mol. The summed E-state index contributed by atoms with van der Waals surface area (Å²) in [5.74, 6) is -0.182.